The zero-order valence-electron chi connectivity index (χ0n) is 16.4. The summed E-state index contributed by atoms with van der Waals surface area (Å²) >= 11 is 12.3. The summed E-state index contributed by atoms with van der Waals surface area (Å²) in [6.45, 7) is 3.77. The van der Waals surface area contributed by atoms with Gasteiger partial charge in [0.25, 0.3) is 11.8 Å². The minimum absolute atomic E-state index is 0.213. The van der Waals surface area contributed by atoms with Gasteiger partial charge < -0.3 is 5.32 Å². The molecule has 0 fully saturated rings. The highest BCUT2D eigenvalue weighted by Crippen LogP contribution is 2.36. The fourth-order valence-electron chi connectivity index (χ4n) is 3.37. The largest absolute Gasteiger partial charge is 0.350 e. The summed E-state index contributed by atoms with van der Waals surface area (Å²) < 4.78 is 0. The maximum Gasteiger partial charge on any atom is 0.282 e. The van der Waals surface area contributed by atoms with Gasteiger partial charge in [-0.3, -0.25) is 9.59 Å². The second-order valence-electron chi connectivity index (χ2n) is 7.08. The van der Waals surface area contributed by atoms with Crippen molar-refractivity contribution in [1.82, 2.24) is 0 Å². The molecule has 3 aromatic rings. The van der Waals surface area contributed by atoms with Crippen LogP contribution in [0.25, 0.3) is 5.57 Å². The molecule has 1 N–H and O–H groups in total. The molecule has 6 heteroatoms. The molecule has 1 heterocycles. The van der Waals surface area contributed by atoms with E-state index in [1.165, 1.54) is 4.90 Å². The summed E-state index contributed by atoms with van der Waals surface area (Å²) in [6, 6.07) is 19.6. The fraction of sp³-hybridized carbons (Fsp3) is 0.0833. The van der Waals surface area contributed by atoms with E-state index >= 15 is 0 Å². The summed E-state index contributed by atoms with van der Waals surface area (Å²) in [4.78, 5) is 28.0. The Morgan fingerprint density at radius 1 is 0.800 bits per heavy atom. The number of aryl methyl sites for hydroxylation is 1. The van der Waals surface area contributed by atoms with Gasteiger partial charge in [0.1, 0.15) is 5.70 Å². The summed E-state index contributed by atoms with van der Waals surface area (Å²) in [7, 11) is 0. The lowest BCUT2D eigenvalue weighted by molar-refractivity contribution is -0.120. The first-order valence-electron chi connectivity index (χ1n) is 9.34. The number of carbonyl (C=O) groups excluding carboxylic acids is 2. The maximum atomic E-state index is 13.5. The molecular weight excluding hydrogens is 419 g/mol. The number of halogens is 2. The molecule has 1 aliphatic heterocycles. The Hall–Kier alpha value is -3.08. The van der Waals surface area contributed by atoms with Crippen LogP contribution in [0.5, 0.6) is 0 Å². The van der Waals surface area contributed by atoms with Crippen molar-refractivity contribution in [2.24, 2.45) is 0 Å². The van der Waals surface area contributed by atoms with Gasteiger partial charge in [-0.2, -0.15) is 0 Å². The predicted octanol–water partition coefficient (Wildman–Crippen LogP) is 6.01. The molecule has 3 aromatic carbocycles. The average Bonchev–Trinajstić information content (AvgIpc) is 2.96. The summed E-state index contributed by atoms with van der Waals surface area (Å²) in [5.74, 6) is -0.849. The van der Waals surface area contributed by atoms with Crippen molar-refractivity contribution < 1.29 is 9.59 Å². The van der Waals surface area contributed by atoms with Gasteiger partial charge in [-0.15, -0.1) is 0 Å². The molecule has 4 rings (SSSR count). The van der Waals surface area contributed by atoms with Crippen molar-refractivity contribution in [3.8, 4) is 0 Å². The van der Waals surface area contributed by atoms with Crippen molar-refractivity contribution in [2.45, 2.75) is 13.8 Å². The third kappa shape index (κ3) is 3.60. The van der Waals surface area contributed by atoms with Gasteiger partial charge in [-0.25, -0.2) is 4.90 Å². The molecule has 0 spiro atoms. The monoisotopic (exact) mass is 436 g/mol. The number of nitrogens with zero attached hydrogens (tertiary/aromatic N) is 1. The molecule has 0 unspecified atom stereocenters. The molecule has 4 nitrogen and oxygen atoms in total. The summed E-state index contributed by atoms with van der Waals surface area (Å²) in [5.41, 5.74) is 4.04. The zero-order valence-corrected chi connectivity index (χ0v) is 17.9. The number of imide groups is 1. The molecule has 0 saturated carbocycles. The molecule has 0 aliphatic carbocycles. The number of hydrogen-bond donors (Lipinski definition) is 1. The molecule has 0 atom stereocenters. The standard InChI is InChI=1S/C24H18Cl2N2O2/c1-14-6-12-18(13-7-14)27-22-21(16-8-10-17(25)11-9-16)23(29)28(24(22)30)20-5-3-4-19(26)15(20)2/h3-13,27H,1-2H3. The van der Waals surface area contributed by atoms with Crippen LogP contribution in [0.4, 0.5) is 11.4 Å². The number of benzene rings is 3. The second kappa shape index (κ2) is 7.98. The summed E-state index contributed by atoms with van der Waals surface area (Å²) in [6.07, 6.45) is 0. The highest BCUT2D eigenvalue weighted by Gasteiger charge is 2.41. The van der Waals surface area contributed by atoms with Crippen molar-refractivity contribution >= 4 is 52.0 Å². The van der Waals surface area contributed by atoms with E-state index in [0.29, 0.717) is 32.5 Å². The van der Waals surface area contributed by atoms with E-state index < -0.39 is 11.8 Å². The smallest absolute Gasteiger partial charge is 0.282 e. The van der Waals surface area contributed by atoms with Gasteiger partial charge >= 0.3 is 0 Å². The first-order valence-corrected chi connectivity index (χ1v) is 10.1. The number of carbonyl (C=O) groups is 2. The number of hydrogen-bond acceptors (Lipinski definition) is 3. The molecule has 0 bridgehead atoms. The normalized spacial score (nSPS) is 13.9. The van der Waals surface area contributed by atoms with Crippen molar-refractivity contribution in [3.63, 3.8) is 0 Å². The third-order valence-electron chi connectivity index (χ3n) is 5.02. The van der Waals surface area contributed by atoms with Crippen LogP contribution in [0.2, 0.25) is 10.0 Å². The quantitative estimate of drug-likeness (QED) is 0.509. The molecule has 0 aromatic heterocycles. The Morgan fingerprint density at radius 2 is 1.47 bits per heavy atom. The molecule has 150 valence electrons. The van der Waals surface area contributed by atoms with E-state index in [4.69, 9.17) is 23.2 Å². The van der Waals surface area contributed by atoms with Crippen molar-refractivity contribution in [3.05, 3.63) is 99.2 Å². The van der Waals surface area contributed by atoms with Gasteiger partial charge in [0.2, 0.25) is 0 Å². The van der Waals surface area contributed by atoms with Gasteiger partial charge in [0, 0.05) is 15.7 Å². The van der Waals surface area contributed by atoms with E-state index in [1.807, 2.05) is 31.2 Å². The fourth-order valence-corrected chi connectivity index (χ4v) is 3.66. The number of amides is 2. The van der Waals surface area contributed by atoms with Crippen LogP contribution in [0, 0.1) is 13.8 Å². The van der Waals surface area contributed by atoms with Crippen molar-refractivity contribution in [1.29, 1.82) is 0 Å². The lowest BCUT2D eigenvalue weighted by atomic mass is 10.0. The van der Waals surface area contributed by atoms with Crippen LogP contribution in [0.3, 0.4) is 0 Å². The predicted molar refractivity (Wildman–Crippen MR) is 122 cm³/mol. The second-order valence-corrected chi connectivity index (χ2v) is 7.92. The number of nitrogens with one attached hydrogen (secondary N) is 1. The van der Waals surface area contributed by atoms with Gasteiger partial charge in [-0.1, -0.05) is 59.1 Å². The number of rotatable bonds is 4. The van der Waals surface area contributed by atoms with E-state index in [0.717, 1.165) is 5.56 Å². The first-order chi connectivity index (χ1) is 14.4. The number of anilines is 2. The van der Waals surface area contributed by atoms with Crippen molar-refractivity contribution in [2.75, 3.05) is 10.2 Å². The Labute approximate surface area is 184 Å². The topological polar surface area (TPSA) is 49.4 Å². The highest BCUT2D eigenvalue weighted by atomic mass is 35.5. The van der Waals surface area contributed by atoms with E-state index in [9.17, 15) is 9.59 Å². The Balaban J connectivity index is 1.84. The van der Waals surface area contributed by atoms with Gasteiger partial charge in [-0.05, 0) is 61.4 Å². The van der Waals surface area contributed by atoms with Crippen LogP contribution < -0.4 is 10.2 Å². The molecule has 30 heavy (non-hydrogen) atoms. The van der Waals surface area contributed by atoms with E-state index in [2.05, 4.69) is 5.32 Å². The average molecular weight is 437 g/mol. The van der Waals surface area contributed by atoms with Crippen LogP contribution in [-0.2, 0) is 9.59 Å². The third-order valence-corrected chi connectivity index (χ3v) is 5.68. The minimum atomic E-state index is -0.434. The first kappa shape index (κ1) is 20.2. The van der Waals surface area contributed by atoms with Gasteiger partial charge in [0.05, 0.1) is 11.3 Å². The van der Waals surface area contributed by atoms with E-state index in [1.54, 1.807) is 49.4 Å². The van der Waals surface area contributed by atoms with Crippen LogP contribution >= 0.6 is 23.2 Å². The van der Waals surface area contributed by atoms with E-state index in [-0.39, 0.29) is 11.3 Å². The lowest BCUT2D eigenvalue weighted by Crippen LogP contribution is -2.33. The highest BCUT2D eigenvalue weighted by molar-refractivity contribution is 6.46. The molecule has 2 amide bonds. The Morgan fingerprint density at radius 3 is 2.13 bits per heavy atom. The Bertz CT molecular complexity index is 1180. The SMILES string of the molecule is Cc1ccc(NC2=C(c3ccc(Cl)cc3)C(=O)N(c3cccc(Cl)c3C)C2=O)cc1. The maximum absolute atomic E-state index is 13.5. The minimum Gasteiger partial charge on any atom is -0.350 e. The summed E-state index contributed by atoms with van der Waals surface area (Å²) in [5, 5.41) is 4.18. The van der Waals surface area contributed by atoms with Crippen LogP contribution in [0.15, 0.2) is 72.4 Å². The van der Waals surface area contributed by atoms with Gasteiger partial charge in [0.15, 0.2) is 0 Å². The lowest BCUT2D eigenvalue weighted by Gasteiger charge is -2.18. The Kier molecular flexibility index (Phi) is 5.37. The van der Waals surface area contributed by atoms with Crippen LogP contribution in [0.1, 0.15) is 16.7 Å². The van der Waals surface area contributed by atoms with Crippen LogP contribution in [-0.4, -0.2) is 11.8 Å². The molecule has 1 aliphatic rings. The zero-order chi connectivity index (χ0) is 21.4. The molecular formula is C24H18Cl2N2O2. The molecule has 0 radical (unpaired) electrons. The molecule has 0 saturated heterocycles.